The van der Waals surface area contributed by atoms with Gasteiger partial charge >= 0.3 is 12.0 Å². The molecule has 0 spiro atoms. The summed E-state index contributed by atoms with van der Waals surface area (Å²) < 4.78 is 5.10. The maximum atomic E-state index is 12.1. The molecule has 6 nitrogen and oxygen atoms in total. The van der Waals surface area contributed by atoms with Crippen molar-refractivity contribution >= 4 is 17.7 Å². The average molecular weight is 292 g/mol. The van der Waals surface area contributed by atoms with Crippen LogP contribution >= 0.6 is 0 Å². The number of hydrogen-bond donors (Lipinski definition) is 2. The lowest BCUT2D eigenvalue weighted by molar-refractivity contribution is -0.144. The Hall–Kier alpha value is -2.08. The number of rotatable bonds is 5. The summed E-state index contributed by atoms with van der Waals surface area (Å²) in [5, 5.41) is 11.8. The molecule has 1 aromatic carbocycles. The van der Waals surface area contributed by atoms with Crippen LogP contribution in [0.25, 0.3) is 0 Å². The number of benzene rings is 1. The molecule has 2 amide bonds. The molecule has 1 saturated heterocycles. The third-order valence-corrected chi connectivity index (χ3v) is 3.85. The minimum absolute atomic E-state index is 0.0301. The van der Waals surface area contributed by atoms with Gasteiger partial charge in [-0.15, -0.1) is 0 Å². The molecular weight excluding hydrogens is 272 g/mol. The van der Waals surface area contributed by atoms with E-state index in [1.807, 2.05) is 24.3 Å². The molecule has 0 bridgehead atoms. The van der Waals surface area contributed by atoms with Crippen molar-refractivity contribution in [3.05, 3.63) is 29.8 Å². The van der Waals surface area contributed by atoms with Crippen molar-refractivity contribution < 1.29 is 19.4 Å². The van der Waals surface area contributed by atoms with E-state index in [2.05, 4.69) is 5.32 Å². The SMILES string of the molecule is COCc1ccccc1NC(=O)N1CC(C(C)C(=O)O)C1. The number of methoxy groups -OCH3 is 1. The standard InChI is InChI=1S/C15H20N2O4/c1-10(14(18)19)12-7-17(8-12)15(20)16-13-6-4-3-5-11(13)9-21-2/h3-6,10,12H,7-9H2,1-2H3,(H,16,20)(H,18,19). The Bertz CT molecular complexity index is 526. The van der Waals surface area contributed by atoms with Gasteiger partial charge in [0.15, 0.2) is 0 Å². The molecule has 0 radical (unpaired) electrons. The highest BCUT2D eigenvalue weighted by atomic mass is 16.5. The second-order valence-corrected chi connectivity index (χ2v) is 5.31. The molecule has 21 heavy (non-hydrogen) atoms. The van der Waals surface area contributed by atoms with Crippen molar-refractivity contribution in [3.8, 4) is 0 Å². The molecule has 1 heterocycles. The molecule has 0 saturated carbocycles. The Morgan fingerprint density at radius 1 is 1.43 bits per heavy atom. The van der Waals surface area contributed by atoms with Gasteiger partial charge in [-0.2, -0.15) is 0 Å². The Morgan fingerprint density at radius 3 is 2.71 bits per heavy atom. The van der Waals surface area contributed by atoms with E-state index in [0.29, 0.717) is 19.7 Å². The Balaban J connectivity index is 1.91. The van der Waals surface area contributed by atoms with Gasteiger partial charge < -0.3 is 20.1 Å². The number of para-hydroxylation sites is 1. The lowest BCUT2D eigenvalue weighted by Gasteiger charge is -2.41. The first-order valence-electron chi connectivity index (χ1n) is 6.88. The number of amides is 2. The molecule has 0 aliphatic carbocycles. The van der Waals surface area contributed by atoms with Crippen LogP contribution in [-0.4, -0.2) is 42.2 Å². The Labute approximate surface area is 123 Å². The topological polar surface area (TPSA) is 78.9 Å². The quantitative estimate of drug-likeness (QED) is 0.870. The van der Waals surface area contributed by atoms with E-state index >= 15 is 0 Å². The molecule has 1 atom stereocenters. The van der Waals surface area contributed by atoms with Gasteiger partial charge in [-0.1, -0.05) is 25.1 Å². The van der Waals surface area contributed by atoms with Crippen molar-refractivity contribution in [1.29, 1.82) is 0 Å². The molecule has 0 aromatic heterocycles. The van der Waals surface area contributed by atoms with Crippen LogP contribution in [-0.2, 0) is 16.1 Å². The largest absolute Gasteiger partial charge is 0.481 e. The maximum Gasteiger partial charge on any atom is 0.321 e. The summed E-state index contributed by atoms with van der Waals surface area (Å²) in [6, 6.07) is 7.25. The summed E-state index contributed by atoms with van der Waals surface area (Å²) in [7, 11) is 1.60. The normalized spacial score (nSPS) is 16.2. The van der Waals surface area contributed by atoms with E-state index in [0.717, 1.165) is 11.3 Å². The third kappa shape index (κ3) is 3.52. The molecule has 2 rings (SSSR count). The van der Waals surface area contributed by atoms with Crippen molar-refractivity contribution in [1.82, 2.24) is 4.90 Å². The van der Waals surface area contributed by atoms with Crippen LogP contribution in [0, 0.1) is 11.8 Å². The second kappa shape index (κ2) is 6.58. The van der Waals surface area contributed by atoms with E-state index in [9.17, 15) is 9.59 Å². The van der Waals surface area contributed by atoms with Gasteiger partial charge in [0.25, 0.3) is 0 Å². The summed E-state index contributed by atoms with van der Waals surface area (Å²) in [5.74, 6) is -1.21. The van der Waals surface area contributed by atoms with Gasteiger partial charge in [-0.3, -0.25) is 4.79 Å². The lowest BCUT2D eigenvalue weighted by atomic mass is 9.87. The predicted molar refractivity (Wildman–Crippen MR) is 78.0 cm³/mol. The first-order chi connectivity index (χ1) is 10.0. The Kier molecular flexibility index (Phi) is 4.80. The highest BCUT2D eigenvalue weighted by molar-refractivity contribution is 5.90. The number of ether oxygens (including phenoxy) is 1. The molecule has 114 valence electrons. The number of nitrogens with one attached hydrogen (secondary N) is 1. The second-order valence-electron chi connectivity index (χ2n) is 5.31. The van der Waals surface area contributed by atoms with E-state index in [1.54, 1.807) is 18.9 Å². The van der Waals surface area contributed by atoms with Gasteiger partial charge in [0.1, 0.15) is 0 Å². The van der Waals surface area contributed by atoms with Crippen molar-refractivity contribution in [2.24, 2.45) is 11.8 Å². The molecule has 1 unspecified atom stereocenters. The molecule has 6 heteroatoms. The van der Waals surface area contributed by atoms with E-state index in [-0.39, 0.29) is 11.9 Å². The number of carboxylic acids is 1. The van der Waals surface area contributed by atoms with Gasteiger partial charge in [0.2, 0.25) is 0 Å². The van der Waals surface area contributed by atoms with Crippen molar-refractivity contribution in [2.75, 3.05) is 25.5 Å². The van der Waals surface area contributed by atoms with E-state index in [1.165, 1.54) is 0 Å². The number of carbonyl (C=O) groups is 2. The van der Waals surface area contributed by atoms with Crippen LogP contribution in [0.4, 0.5) is 10.5 Å². The number of hydrogen-bond acceptors (Lipinski definition) is 3. The Morgan fingerprint density at radius 2 is 2.10 bits per heavy atom. The minimum Gasteiger partial charge on any atom is -0.481 e. The van der Waals surface area contributed by atoms with Gasteiger partial charge in [-0.25, -0.2) is 4.79 Å². The van der Waals surface area contributed by atoms with Gasteiger partial charge in [-0.05, 0) is 6.07 Å². The molecule has 1 fully saturated rings. The fraction of sp³-hybridized carbons (Fsp3) is 0.467. The van der Waals surface area contributed by atoms with Crippen LogP contribution in [0.1, 0.15) is 12.5 Å². The lowest BCUT2D eigenvalue weighted by Crippen LogP contribution is -2.54. The first kappa shape index (κ1) is 15.3. The van der Waals surface area contributed by atoms with Crippen LogP contribution in [0.2, 0.25) is 0 Å². The van der Waals surface area contributed by atoms with E-state index in [4.69, 9.17) is 9.84 Å². The van der Waals surface area contributed by atoms with Crippen LogP contribution in [0.3, 0.4) is 0 Å². The number of nitrogens with zero attached hydrogens (tertiary/aromatic N) is 1. The fourth-order valence-corrected chi connectivity index (χ4v) is 2.31. The molecule has 1 aliphatic heterocycles. The minimum atomic E-state index is -0.814. The molecule has 2 N–H and O–H groups in total. The zero-order valence-corrected chi connectivity index (χ0v) is 12.2. The van der Waals surface area contributed by atoms with Crippen LogP contribution in [0.5, 0.6) is 0 Å². The summed E-state index contributed by atoms with van der Waals surface area (Å²) in [4.78, 5) is 24.6. The fourth-order valence-electron chi connectivity index (χ4n) is 2.31. The zero-order chi connectivity index (χ0) is 15.4. The number of urea groups is 1. The first-order valence-corrected chi connectivity index (χ1v) is 6.88. The maximum absolute atomic E-state index is 12.1. The summed E-state index contributed by atoms with van der Waals surface area (Å²) >= 11 is 0. The average Bonchev–Trinajstić information content (AvgIpc) is 2.39. The number of aliphatic carboxylic acids is 1. The monoisotopic (exact) mass is 292 g/mol. The third-order valence-electron chi connectivity index (χ3n) is 3.85. The van der Waals surface area contributed by atoms with Crippen molar-refractivity contribution in [3.63, 3.8) is 0 Å². The number of carbonyl (C=O) groups excluding carboxylic acids is 1. The summed E-state index contributed by atoms with van der Waals surface area (Å²) in [6.45, 7) is 3.06. The molecular formula is C15H20N2O4. The highest BCUT2D eigenvalue weighted by Gasteiger charge is 2.37. The van der Waals surface area contributed by atoms with Gasteiger partial charge in [0.05, 0.1) is 12.5 Å². The number of carboxylic acid groups (broad SMARTS) is 1. The van der Waals surface area contributed by atoms with Crippen LogP contribution in [0.15, 0.2) is 24.3 Å². The van der Waals surface area contributed by atoms with Crippen LogP contribution < -0.4 is 5.32 Å². The molecule has 1 aliphatic rings. The smallest absolute Gasteiger partial charge is 0.321 e. The molecule has 1 aromatic rings. The van der Waals surface area contributed by atoms with Gasteiger partial charge in [0, 0.05) is 37.4 Å². The van der Waals surface area contributed by atoms with E-state index < -0.39 is 11.9 Å². The predicted octanol–water partition coefficient (Wildman–Crippen LogP) is 2.02. The zero-order valence-electron chi connectivity index (χ0n) is 12.2. The summed E-state index contributed by atoms with van der Waals surface area (Å²) in [5.41, 5.74) is 1.63. The number of anilines is 1. The highest BCUT2D eigenvalue weighted by Crippen LogP contribution is 2.25. The van der Waals surface area contributed by atoms with Crippen molar-refractivity contribution in [2.45, 2.75) is 13.5 Å². The summed E-state index contributed by atoms with van der Waals surface area (Å²) in [6.07, 6.45) is 0. The number of likely N-dealkylation sites (tertiary alicyclic amines) is 1.